The number of rotatable bonds is 5. The Morgan fingerprint density at radius 3 is 2.77 bits per heavy atom. The number of nitrogens with zero attached hydrogens (tertiary/aromatic N) is 3. The average Bonchev–Trinajstić information content (AvgIpc) is 3.22. The quantitative estimate of drug-likeness (QED) is 0.287. The number of amides is 1. The van der Waals surface area contributed by atoms with Gasteiger partial charge in [0.1, 0.15) is 11.5 Å². The molecule has 0 fully saturated rings. The van der Waals surface area contributed by atoms with Crippen LogP contribution in [0.1, 0.15) is 27.4 Å². The lowest BCUT2D eigenvalue weighted by atomic mass is 10.1. The van der Waals surface area contributed by atoms with E-state index in [4.69, 9.17) is 4.42 Å². The predicted molar refractivity (Wildman–Crippen MR) is 117 cm³/mol. The van der Waals surface area contributed by atoms with Crippen LogP contribution in [0, 0.1) is 24.0 Å². The Morgan fingerprint density at radius 2 is 1.97 bits per heavy atom. The van der Waals surface area contributed by atoms with Gasteiger partial charge in [0.2, 0.25) is 0 Å². The molecule has 4 rings (SSSR count). The zero-order valence-electron chi connectivity index (χ0n) is 16.8. The first kappa shape index (κ1) is 20.0. The topological polar surface area (TPSA) is 111 Å². The molecule has 1 amide bonds. The molecule has 0 atom stereocenters. The summed E-state index contributed by atoms with van der Waals surface area (Å²) >= 11 is 0. The van der Waals surface area contributed by atoms with Crippen LogP contribution in [0.4, 0.5) is 5.69 Å². The first-order chi connectivity index (χ1) is 14.9. The fourth-order valence-corrected chi connectivity index (χ4v) is 3.19. The third-order valence-corrected chi connectivity index (χ3v) is 4.73. The van der Waals surface area contributed by atoms with Crippen LogP contribution in [0.3, 0.4) is 0 Å². The van der Waals surface area contributed by atoms with Crippen molar-refractivity contribution in [3.05, 3.63) is 93.4 Å². The molecular weight excluding hydrogens is 396 g/mol. The van der Waals surface area contributed by atoms with E-state index >= 15 is 0 Å². The maximum absolute atomic E-state index is 12.6. The molecule has 0 spiro atoms. The lowest BCUT2D eigenvalue weighted by Crippen LogP contribution is -2.19. The Labute approximate surface area is 177 Å². The van der Waals surface area contributed by atoms with Crippen molar-refractivity contribution in [3.8, 4) is 11.3 Å². The molecule has 1 N–H and O–H groups in total. The molecule has 0 bridgehead atoms. The number of nitrogens with one attached hydrogen (secondary N) is 1. The highest BCUT2D eigenvalue weighted by atomic mass is 16.6. The molecule has 0 aliphatic carbocycles. The maximum Gasteiger partial charge on any atom is 0.273 e. The highest BCUT2D eigenvalue weighted by Gasteiger charge is 2.12. The Hall–Kier alpha value is -4.33. The van der Waals surface area contributed by atoms with Crippen molar-refractivity contribution in [1.29, 1.82) is 0 Å². The van der Waals surface area contributed by atoms with Crippen LogP contribution in [0.15, 0.2) is 70.2 Å². The molecule has 2 aromatic heterocycles. The number of non-ortho nitro benzene ring substituents is 1. The lowest BCUT2D eigenvalue weighted by Gasteiger charge is -2.06. The van der Waals surface area contributed by atoms with Crippen molar-refractivity contribution in [2.75, 3.05) is 0 Å². The summed E-state index contributed by atoms with van der Waals surface area (Å²) in [5.41, 5.74) is 5.99. The zero-order valence-corrected chi connectivity index (χ0v) is 16.8. The van der Waals surface area contributed by atoms with Crippen LogP contribution in [-0.4, -0.2) is 22.0 Å². The summed E-state index contributed by atoms with van der Waals surface area (Å²) in [5.74, 6) is 0.474. The van der Waals surface area contributed by atoms with E-state index in [0.29, 0.717) is 28.3 Å². The van der Waals surface area contributed by atoms with E-state index in [2.05, 4.69) is 15.5 Å². The fraction of sp³-hybridized carbons (Fsp3) is 0.0870. The molecule has 2 heterocycles. The number of nitro benzene ring substituents is 1. The fourth-order valence-electron chi connectivity index (χ4n) is 3.19. The normalized spacial score (nSPS) is 11.2. The van der Waals surface area contributed by atoms with Crippen molar-refractivity contribution in [3.63, 3.8) is 0 Å². The Morgan fingerprint density at radius 1 is 1.13 bits per heavy atom. The molecule has 8 nitrogen and oxygen atoms in total. The van der Waals surface area contributed by atoms with Crippen LogP contribution in [-0.2, 0) is 0 Å². The van der Waals surface area contributed by atoms with Crippen molar-refractivity contribution in [2.45, 2.75) is 13.8 Å². The Bertz CT molecular complexity index is 1340. The van der Waals surface area contributed by atoms with E-state index < -0.39 is 4.92 Å². The minimum atomic E-state index is -0.463. The number of aromatic nitrogens is 1. The van der Waals surface area contributed by atoms with Gasteiger partial charge in [0.15, 0.2) is 0 Å². The van der Waals surface area contributed by atoms with Crippen LogP contribution in [0.25, 0.3) is 22.2 Å². The summed E-state index contributed by atoms with van der Waals surface area (Å²) < 4.78 is 5.65. The second kappa shape index (κ2) is 8.19. The van der Waals surface area contributed by atoms with Gasteiger partial charge in [0.05, 0.1) is 27.9 Å². The van der Waals surface area contributed by atoms with Crippen LogP contribution in [0.2, 0.25) is 0 Å². The predicted octanol–water partition coefficient (Wildman–Crippen LogP) is 4.78. The van der Waals surface area contributed by atoms with E-state index in [-0.39, 0.29) is 11.6 Å². The summed E-state index contributed by atoms with van der Waals surface area (Å²) in [6.45, 7) is 3.75. The van der Waals surface area contributed by atoms with Gasteiger partial charge in [-0.25, -0.2) is 5.43 Å². The molecule has 0 saturated heterocycles. The highest BCUT2D eigenvalue weighted by molar-refractivity contribution is 5.99. The van der Waals surface area contributed by atoms with Crippen LogP contribution < -0.4 is 5.43 Å². The van der Waals surface area contributed by atoms with E-state index in [1.54, 1.807) is 37.3 Å². The standard InChI is InChI=1S/C23H18N4O4/c1-14-6-8-21-17(10-14)12-20(15(2)25-21)23(28)26-24-13-19-7-9-22(31-19)16-4-3-5-18(11-16)27(29)30/h3-13H,1-2H3,(H,26,28)/b24-13-. The maximum atomic E-state index is 12.6. The number of hydrazone groups is 1. The van der Waals surface area contributed by atoms with Crippen molar-refractivity contribution >= 4 is 28.7 Å². The number of aryl methyl sites for hydroxylation is 2. The molecule has 0 saturated carbocycles. The minimum absolute atomic E-state index is 0.0223. The first-order valence-corrected chi connectivity index (χ1v) is 9.47. The molecule has 8 heteroatoms. The van der Waals surface area contributed by atoms with Gasteiger partial charge in [-0.2, -0.15) is 5.10 Å². The Balaban J connectivity index is 1.49. The molecule has 0 unspecified atom stereocenters. The number of furan rings is 1. The number of carbonyl (C=O) groups is 1. The number of pyridine rings is 1. The van der Waals surface area contributed by atoms with Crippen molar-refractivity contribution in [2.24, 2.45) is 5.10 Å². The number of hydrogen-bond donors (Lipinski definition) is 1. The number of hydrogen-bond acceptors (Lipinski definition) is 6. The van der Waals surface area contributed by atoms with E-state index in [1.807, 2.05) is 25.1 Å². The lowest BCUT2D eigenvalue weighted by molar-refractivity contribution is -0.384. The molecule has 0 aliphatic rings. The highest BCUT2D eigenvalue weighted by Crippen LogP contribution is 2.25. The Kier molecular flexibility index (Phi) is 5.28. The molecule has 154 valence electrons. The molecule has 31 heavy (non-hydrogen) atoms. The third-order valence-electron chi connectivity index (χ3n) is 4.73. The van der Waals surface area contributed by atoms with Gasteiger partial charge in [0, 0.05) is 23.1 Å². The van der Waals surface area contributed by atoms with Crippen LogP contribution in [0.5, 0.6) is 0 Å². The SMILES string of the molecule is Cc1ccc2nc(C)c(C(=O)N/N=C\c3ccc(-c4cccc([N+](=O)[O-])c4)o3)cc2c1. The van der Waals surface area contributed by atoms with E-state index in [1.165, 1.54) is 18.3 Å². The van der Waals surface area contributed by atoms with Gasteiger partial charge in [-0.15, -0.1) is 0 Å². The molecule has 2 aromatic carbocycles. The monoisotopic (exact) mass is 414 g/mol. The van der Waals surface area contributed by atoms with Gasteiger partial charge in [0.25, 0.3) is 11.6 Å². The van der Waals surface area contributed by atoms with Crippen molar-refractivity contribution in [1.82, 2.24) is 10.4 Å². The number of fused-ring (bicyclic) bond motifs is 1. The van der Waals surface area contributed by atoms with Gasteiger partial charge >= 0.3 is 0 Å². The smallest absolute Gasteiger partial charge is 0.273 e. The van der Waals surface area contributed by atoms with Crippen molar-refractivity contribution < 1.29 is 14.1 Å². The number of benzene rings is 2. The number of nitro groups is 1. The van der Waals surface area contributed by atoms with Gasteiger partial charge in [-0.05, 0) is 44.2 Å². The van der Waals surface area contributed by atoms with Gasteiger partial charge in [-0.1, -0.05) is 23.8 Å². The summed E-state index contributed by atoms with van der Waals surface area (Å²) in [6.07, 6.45) is 1.37. The summed E-state index contributed by atoms with van der Waals surface area (Å²) in [5, 5.41) is 15.8. The average molecular weight is 414 g/mol. The first-order valence-electron chi connectivity index (χ1n) is 9.47. The molecule has 0 radical (unpaired) electrons. The zero-order chi connectivity index (χ0) is 22.0. The summed E-state index contributed by atoms with van der Waals surface area (Å²) in [7, 11) is 0. The minimum Gasteiger partial charge on any atom is -0.455 e. The third kappa shape index (κ3) is 4.32. The summed E-state index contributed by atoms with van der Waals surface area (Å²) in [6, 6.07) is 17.2. The summed E-state index contributed by atoms with van der Waals surface area (Å²) in [4.78, 5) is 27.5. The van der Waals surface area contributed by atoms with Gasteiger partial charge in [-0.3, -0.25) is 19.9 Å². The number of carbonyl (C=O) groups excluding carboxylic acids is 1. The molecule has 0 aliphatic heterocycles. The molecular formula is C23H18N4O4. The second-order valence-corrected chi connectivity index (χ2v) is 7.03. The van der Waals surface area contributed by atoms with E-state index in [9.17, 15) is 14.9 Å². The molecule has 4 aromatic rings. The van der Waals surface area contributed by atoms with Gasteiger partial charge < -0.3 is 4.42 Å². The largest absolute Gasteiger partial charge is 0.455 e. The van der Waals surface area contributed by atoms with Crippen LogP contribution >= 0.6 is 0 Å². The second-order valence-electron chi connectivity index (χ2n) is 7.03. The van der Waals surface area contributed by atoms with E-state index in [0.717, 1.165) is 16.5 Å².